The Balaban J connectivity index is 1.32. The first-order chi connectivity index (χ1) is 22.9. The molecule has 0 heterocycles. The van der Waals surface area contributed by atoms with Gasteiger partial charge in [0, 0.05) is 23.5 Å². The van der Waals surface area contributed by atoms with Crippen molar-refractivity contribution in [1.29, 1.82) is 0 Å². The summed E-state index contributed by atoms with van der Waals surface area (Å²) in [5, 5.41) is 0. The number of methoxy groups -OCH3 is 2. The van der Waals surface area contributed by atoms with Crippen LogP contribution in [0.25, 0.3) is 11.1 Å². The summed E-state index contributed by atoms with van der Waals surface area (Å²) in [5.41, 5.74) is 3.58. The molecule has 3 aromatic rings. The highest BCUT2D eigenvalue weighted by atomic mass is 19.1. The number of benzene rings is 3. The lowest BCUT2D eigenvalue weighted by Gasteiger charge is -2.11. The fraction of sp³-hybridized carbons (Fsp3) is 0.250. The van der Waals surface area contributed by atoms with Crippen LogP contribution in [0.5, 0.6) is 17.2 Å². The van der Waals surface area contributed by atoms with E-state index in [9.17, 15) is 28.4 Å². The van der Waals surface area contributed by atoms with Gasteiger partial charge in [0.2, 0.25) is 0 Å². The Morgan fingerprint density at radius 3 is 1.92 bits per heavy atom. The van der Waals surface area contributed by atoms with Crippen molar-refractivity contribution in [2.75, 3.05) is 27.4 Å². The Bertz CT molecular complexity index is 1790. The molecule has 48 heavy (non-hydrogen) atoms. The van der Waals surface area contributed by atoms with Crippen LogP contribution in [0.4, 0.5) is 4.39 Å². The van der Waals surface area contributed by atoms with Gasteiger partial charge in [-0.2, -0.15) is 0 Å². The van der Waals surface area contributed by atoms with Crippen molar-refractivity contribution in [3.8, 4) is 28.4 Å². The largest absolute Gasteiger partial charge is 0.493 e. The maximum Gasteiger partial charge on any atom is 0.343 e. The van der Waals surface area contributed by atoms with E-state index in [1.807, 2.05) is 31.2 Å². The third kappa shape index (κ3) is 8.52. The maximum absolute atomic E-state index is 14.7. The summed E-state index contributed by atoms with van der Waals surface area (Å²) < 4.78 is 45.1. The van der Waals surface area contributed by atoms with Crippen LogP contribution in [-0.2, 0) is 33.4 Å². The number of carbonyl (C=O) groups excluding carboxylic acids is 5. The van der Waals surface area contributed by atoms with Gasteiger partial charge in [-0.1, -0.05) is 32.2 Å². The molecule has 250 valence electrons. The van der Waals surface area contributed by atoms with Gasteiger partial charge in [-0.25, -0.2) is 18.8 Å². The number of halogens is 1. The SMILES string of the molecule is C=C(CC(=O)OC)C(=O)OCCCOc1ccc2c(c1)C(C)c1cc(OC(=O)c3ccc(OC(=O)C(=C)CC(=O)OC)c(F)c3)ccc1-2. The minimum atomic E-state index is -1.01. The lowest BCUT2D eigenvalue weighted by molar-refractivity contribution is -0.144. The Labute approximate surface area is 275 Å². The van der Waals surface area contributed by atoms with E-state index in [2.05, 4.69) is 22.6 Å². The molecule has 1 atom stereocenters. The molecule has 1 unspecified atom stereocenters. The van der Waals surface area contributed by atoms with Crippen LogP contribution < -0.4 is 14.2 Å². The van der Waals surface area contributed by atoms with Crippen LogP contribution in [-0.4, -0.2) is 57.3 Å². The van der Waals surface area contributed by atoms with E-state index < -0.39 is 47.8 Å². The molecule has 0 aromatic heterocycles. The second-order valence-corrected chi connectivity index (χ2v) is 10.7. The number of ether oxygens (including phenoxy) is 6. The number of esters is 5. The van der Waals surface area contributed by atoms with Gasteiger partial charge in [0.1, 0.15) is 11.5 Å². The fourth-order valence-corrected chi connectivity index (χ4v) is 4.81. The molecule has 0 amide bonds. The van der Waals surface area contributed by atoms with Crippen LogP contribution in [0.15, 0.2) is 78.9 Å². The molecule has 0 N–H and O–H groups in total. The van der Waals surface area contributed by atoms with E-state index in [1.165, 1.54) is 13.2 Å². The Kier molecular flexibility index (Phi) is 11.5. The van der Waals surface area contributed by atoms with Crippen molar-refractivity contribution in [2.24, 2.45) is 0 Å². The standard InChI is InChI=1S/C36H33FO11/c1-20(15-32(38)43-4)34(40)46-14-6-13-45-24-8-10-26-27-11-9-25(19-29(27)22(3)28(26)18-24)47-36(42)23-7-12-31(30(37)17-23)48-35(41)21(2)16-33(39)44-5/h7-12,17-19,22H,1-2,6,13-16H2,3-5H3. The second kappa shape index (κ2) is 15.7. The van der Waals surface area contributed by atoms with Gasteiger partial charge in [-0.15, -0.1) is 0 Å². The maximum atomic E-state index is 14.7. The predicted molar refractivity (Wildman–Crippen MR) is 169 cm³/mol. The molecule has 0 aliphatic heterocycles. The van der Waals surface area contributed by atoms with E-state index in [0.29, 0.717) is 12.2 Å². The highest BCUT2D eigenvalue weighted by molar-refractivity contribution is 5.95. The minimum absolute atomic E-state index is 0.0122. The summed E-state index contributed by atoms with van der Waals surface area (Å²) in [4.78, 5) is 59.5. The van der Waals surface area contributed by atoms with Crippen molar-refractivity contribution in [1.82, 2.24) is 0 Å². The van der Waals surface area contributed by atoms with Gasteiger partial charge < -0.3 is 28.4 Å². The van der Waals surface area contributed by atoms with Gasteiger partial charge in [0.05, 0.1) is 45.8 Å². The first kappa shape index (κ1) is 35.1. The molecule has 0 fully saturated rings. The first-order valence-electron chi connectivity index (χ1n) is 14.7. The second-order valence-electron chi connectivity index (χ2n) is 10.7. The average molecular weight is 661 g/mol. The van der Waals surface area contributed by atoms with Gasteiger partial charge >= 0.3 is 29.8 Å². The molecule has 0 bridgehead atoms. The molecular weight excluding hydrogens is 627 g/mol. The number of fused-ring (bicyclic) bond motifs is 3. The van der Waals surface area contributed by atoms with Crippen LogP contribution in [0, 0.1) is 5.82 Å². The molecule has 4 rings (SSSR count). The summed E-state index contributed by atoms with van der Waals surface area (Å²) >= 11 is 0. The van der Waals surface area contributed by atoms with E-state index in [-0.39, 0.29) is 48.0 Å². The topological polar surface area (TPSA) is 141 Å². The first-order valence-corrected chi connectivity index (χ1v) is 14.7. The van der Waals surface area contributed by atoms with E-state index >= 15 is 0 Å². The number of hydrogen-bond donors (Lipinski definition) is 0. The number of hydrogen-bond acceptors (Lipinski definition) is 11. The zero-order chi connectivity index (χ0) is 35.0. The summed E-state index contributed by atoms with van der Waals surface area (Å²) in [6.07, 6.45) is -0.233. The molecule has 12 heteroatoms. The summed E-state index contributed by atoms with van der Waals surface area (Å²) in [7, 11) is 2.37. The smallest absolute Gasteiger partial charge is 0.343 e. The third-order valence-corrected chi connectivity index (χ3v) is 7.39. The fourth-order valence-electron chi connectivity index (χ4n) is 4.81. The molecule has 11 nitrogen and oxygen atoms in total. The summed E-state index contributed by atoms with van der Waals surface area (Å²) in [5.74, 6) is -4.38. The number of rotatable bonds is 14. The molecule has 0 spiro atoms. The Morgan fingerprint density at radius 1 is 0.729 bits per heavy atom. The van der Waals surface area contributed by atoms with E-state index in [1.54, 1.807) is 12.1 Å². The van der Waals surface area contributed by atoms with E-state index in [4.69, 9.17) is 18.9 Å². The molecule has 1 aliphatic carbocycles. The van der Waals surface area contributed by atoms with Crippen LogP contribution in [0.2, 0.25) is 0 Å². The van der Waals surface area contributed by atoms with Gasteiger partial charge in [-0.3, -0.25) is 9.59 Å². The molecule has 0 saturated carbocycles. The van der Waals surface area contributed by atoms with Gasteiger partial charge in [0.25, 0.3) is 0 Å². The Hall–Kier alpha value is -5.78. The lowest BCUT2D eigenvalue weighted by Crippen LogP contribution is -2.15. The normalized spacial score (nSPS) is 12.5. The minimum Gasteiger partial charge on any atom is -0.493 e. The van der Waals surface area contributed by atoms with Crippen LogP contribution in [0.3, 0.4) is 0 Å². The number of carbonyl (C=O) groups is 5. The van der Waals surface area contributed by atoms with Crippen molar-refractivity contribution in [3.05, 3.63) is 101 Å². The molecule has 3 aromatic carbocycles. The molecule has 1 aliphatic rings. The quantitative estimate of drug-likeness (QED) is 0.0698. The van der Waals surface area contributed by atoms with Crippen molar-refractivity contribution in [2.45, 2.75) is 32.1 Å². The molecule has 0 saturated heterocycles. The zero-order valence-electron chi connectivity index (χ0n) is 26.6. The molecular formula is C36H33FO11. The van der Waals surface area contributed by atoms with Gasteiger partial charge in [-0.05, 0) is 64.7 Å². The average Bonchev–Trinajstić information content (AvgIpc) is 3.34. The zero-order valence-corrected chi connectivity index (χ0v) is 26.6. The highest BCUT2D eigenvalue weighted by Crippen LogP contribution is 2.47. The highest BCUT2D eigenvalue weighted by Gasteiger charge is 2.27. The molecule has 0 radical (unpaired) electrons. The third-order valence-electron chi connectivity index (χ3n) is 7.39. The monoisotopic (exact) mass is 660 g/mol. The summed E-state index contributed by atoms with van der Waals surface area (Å²) in [6, 6.07) is 14.2. The summed E-state index contributed by atoms with van der Waals surface area (Å²) in [6.45, 7) is 9.36. The Morgan fingerprint density at radius 2 is 1.31 bits per heavy atom. The van der Waals surface area contributed by atoms with Crippen molar-refractivity contribution >= 4 is 29.8 Å². The van der Waals surface area contributed by atoms with Gasteiger partial charge in [0.15, 0.2) is 11.6 Å². The van der Waals surface area contributed by atoms with Crippen LogP contribution in [0.1, 0.15) is 53.6 Å². The van der Waals surface area contributed by atoms with Crippen molar-refractivity contribution in [3.63, 3.8) is 0 Å². The van der Waals surface area contributed by atoms with Crippen molar-refractivity contribution < 1.29 is 56.8 Å². The van der Waals surface area contributed by atoms with Crippen LogP contribution >= 0.6 is 0 Å². The lowest BCUT2D eigenvalue weighted by atomic mass is 9.99. The predicted octanol–water partition coefficient (Wildman–Crippen LogP) is 5.63. The van der Waals surface area contributed by atoms with E-state index in [0.717, 1.165) is 41.5 Å².